The number of hydrogen-bond donors (Lipinski definition) is 3. The van der Waals surface area contributed by atoms with Crippen LogP contribution in [0, 0.1) is 0 Å². The van der Waals surface area contributed by atoms with Crippen molar-refractivity contribution in [3.05, 3.63) is 131 Å². The smallest absolute Gasteiger partial charge is 0.328 e. The summed E-state index contributed by atoms with van der Waals surface area (Å²) in [6.07, 6.45) is 0.0446. The summed E-state index contributed by atoms with van der Waals surface area (Å²) in [5, 5.41) is 27.6. The van der Waals surface area contributed by atoms with Crippen LogP contribution in [0.1, 0.15) is 46.6 Å². The number of aromatic nitrogens is 4. The second kappa shape index (κ2) is 17.2. The number of benzene rings is 4. The van der Waals surface area contributed by atoms with Crippen LogP contribution in [0.5, 0.6) is 0 Å². The highest BCUT2D eigenvalue weighted by Crippen LogP contribution is 2.39. The lowest BCUT2D eigenvalue weighted by Crippen LogP contribution is -2.47. The maximum Gasteiger partial charge on any atom is 0.328 e. The molecule has 13 heteroatoms. The lowest BCUT2D eigenvalue weighted by atomic mass is 9.99. The fourth-order valence-corrected chi connectivity index (χ4v) is 6.67. The van der Waals surface area contributed by atoms with Gasteiger partial charge in [-0.05, 0) is 49.9 Å². The number of carbonyl (C=O) groups excluding carboxylic acids is 2. The molecule has 1 aliphatic rings. The van der Waals surface area contributed by atoms with Crippen LogP contribution in [0.2, 0.25) is 0 Å². The Balaban J connectivity index is 1.10. The van der Waals surface area contributed by atoms with Crippen LogP contribution in [-0.4, -0.2) is 62.3 Å². The molecule has 1 aromatic heterocycles. The fraction of sp³-hybridized carbons (Fsp3) is 0.289. The van der Waals surface area contributed by atoms with Crippen LogP contribution in [-0.2, 0) is 45.6 Å². The van der Waals surface area contributed by atoms with Gasteiger partial charge in [0.25, 0.3) is 0 Å². The van der Waals surface area contributed by atoms with Gasteiger partial charge in [0.2, 0.25) is 5.16 Å². The number of amides is 2. The van der Waals surface area contributed by atoms with Gasteiger partial charge in [-0.2, -0.15) is 0 Å². The molecule has 0 radical (unpaired) electrons. The van der Waals surface area contributed by atoms with Crippen LogP contribution in [0.4, 0.5) is 4.79 Å². The molecule has 1 aliphatic heterocycles. The molecule has 4 atom stereocenters. The predicted molar refractivity (Wildman–Crippen MR) is 191 cm³/mol. The van der Waals surface area contributed by atoms with E-state index < -0.39 is 24.3 Å². The summed E-state index contributed by atoms with van der Waals surface area (Å²) in [5.74, 6) is 0.136. The molecule has 264 valence electrons. The van der Waals surface area contributed by atoms with E-state index in [1.54, 1.807) is 4.68 Å². The quantitative estimate of drug-likeness (QED) is 0.109. The van der Waals surface area contributed by atoms with E-state index in [-0.39, 0.29) is 25.4 Å². The summed E-state index contributed by atoms with van der Waals surface area (Å²) >= 11 is 1.54. The van der Waals surface area contributed by atoms with Crippen molar-refractivity contribution in [1.29, 1.82) is 0 Å². The van der Waals surface area contributed by atoms with Gasteiger partial charge in [-0.1, -0.05) is 109 Å². The van der Waals surface area contributed by atoms with E-state index in [0.717, 1.165) is 38.9 Å². The minimum Gasteiger partial charge on any atom is -0.467 e. The number of ether oxygens (including phenoxy) is 3. The van der Waals surface area contributed by atoms with Crippen molar-refractivity contribution in [2.24, 2.45) is 7.05 Å². The minimum absolute atomic E-state index is 0.0176. The average molecular weight is 709 g/mol. The molecule has 0 saturated carbocycles. The van der Waals surface area contributed by atoms with Gasteiger partial charge >= 0.3 is 12.0 Å². The first-order chi connectivity index (χ1) is 24.9. The summed E-state index contributed by atoms with van der Waals surface area (Å²) in [5.41, 5.74) is 6.53. The fourth-order valence-electron chi connectivity index (χ4n) is 5.80. The Morgan fingerprint density at radius 1 is 0.922 bits per heavy atom. The largest absolute Gasteiger partial charge is 0.467 e. The number of methoxy groups -OCH3 is 1. The van der Waals surface area contributed by atoms with Crippen molar-refractivity contribution in [3.8, 4) is 11.1 Å². The zero-order valence-electron chi connectivity index (χ0n) is 28.3. The van der Waals surface area contributed by atoms with Gasteiger partial charge in [0.15, 0.2) is 6.29 Å². The van der Waals surface area contributed by atoms with Gasteiger partial charge in [0.05, 0.1) is 25.9 Å². The number of aryl methyl sites for hydroxylation is 1. The Kier molecular flexibility index (Phi) is 12.1. The minimum atomic E-state index is -0.814. The summed E-state index contributed by atoms with van der Waals surface area (Å²) in [6.45, 7) is 0.252. The monoisotopic (exact) mass is 708 g/mol. The first-order valence-electron chi connectivity index (χ1n) is 16.6. The molecule has 2 heterocycles. The third-order valence-corrected chi connectivity index (χ3v) is 9.71. The van der Waals surface area contributed by atoms with Crippen LogP contribution in [0.15, 0.2) is 108 Å². The Labute approximate surface area is 300 Å². The second-order valence-corrected chi connectivity index (χ2v) is 13.1. The highest BCUT2D eigenvalue weighted by Gasteiger charge is 2.32. The van der Waals surface area contributed by atoms with Crippen molar-refractivity contribution < 1.29 is 28.9 Å². The molecule has 1 saturated heterocycles. The first kappa shape index (κ1) is 35.7. The second-order valence-electron chi connectivity index (χ2n) is 12.2. The van der Waals surface area contributed by atoms with E-state index in [0.29, 0.717) is 23.8 Å². The molecule has 0 aliphatic carbocycles. The number of urea groups is 1. The van der Waals surface area contributed by atoms with Gasteiger partial charge in [-0.15, -0.1) is 5.10 Å². The van der Waals surface area contributed by atoms with E-state index in [4.69, 9.17) is 14.2 Å². The first-order valence-corrected chi connectivity index (χ1v) is 17.6. The number of aliphatic hydroxyl groups is 1. The maximum atomic E-state index is 12.8. The number of aliphatic hydroxyl groups excluding tert-OH is 1. The number of carbonyl (C=O) groups is 2. The number of thioether (sulfide) groups is 1. The zero-order valence-corrected chi connectivity index (χ0v) is 29.2. The molecule has 6 rings (SSSR count). The molecule has 4 aromatic carbocycles. The van der Waals surface area contributed by atoms with Crippen molar-refractivity contribution in [2.45, 2.75) is 55.7 Å². The van der Waals surface area contributed by atoms with Gasteiger partial charge in [0, 0.05) is 37.8 Å². The van der Waals surface area contributed by atoms with E-state index in [2.05, 4.69) is 26.2 Å². The molecule has 12 nitrogen and oxygen atoms in total. The van der Waals surface area contributed by atoms with Crippen LogP contribution >= 0.6 is 11.8 Å². The number of nitrogens with one attached hydrogen (secondary N) is 2. The zero-order chi connectivity index (χ0) is 35.6. The van der Waals surface area contributed by atoms with Crippen LogP contribution < -0.4 is 10.6 Å². The Bertz CT molecular complexity index is 1890. The number of esters is 1. The molecule has 0 spiro atoms. The molecular weight excluding hydrogens is 669 g/mol. The highest BCUT2D eigenvalue weighted by molar-refractivity contribution is 7.99. The van der Waals surface area contributed by atoms with E-state index in [1.165, 1.54) is 18.9 Å². The Morgan fingerprint density at radius 2 is 1.67 bits per heavy atom. The number of rotatable bonds is 13. The van der Waals surface area contributed by atoms with Crippen LogP contribution in [0.3, 0.4) is 0 Å². The van der Waals surface area contributed by atoms with Gasteiger partial charge in [-0.25, -0.2) is 14.3 Å². The molecule has 1 fully saturated rings. The standard InChI is InChI=1S/C38H40N6O6S/c1-44-38(41-42-43-44)51-24-32-21-34(29-13-11-26(23-45)12-14-29)50-36(49-32)30-17-15-28(16-18-30)31-10-6-9-27(19-31)22-39-37(47)40-33(35(46)48-2)20-25-7-4-3-5-8-25/h3-19,32-34,36,45H,20-24H2,1-2H3,(H2,39,40,47). The molecule has 2 amide bonds. The normalized spacial score (nSPS) is 17.7. The molecule has 0 bridgehead atoms. The van der Waals surface area contributed by atoms with Crippen LogP contribution in [0.25, 0.3) is 11.1 Å². The third kappa shape index (κ3) is 9.58. The van der Waals surface area contributed by atoms with Crippen molar-refractivity contribution in [3.63, 3.8) is 0 Å². The predicted octanol–water partition coefficient (Wildman–Crippen LogP) is 5.29. The summed E-state index contributed by atoms with van der Waals surface area (Å²) in [7, 11) is 3.11. The molecular formula is C38H40N6O6S. The Morgan fingerprint density at radius 3 is 2.37 bits per heavy atom. The number of nitrogens with zero attached hydrogens (tertiary/aromatic N) is 4. The van der Waals surface area contributed by atoms with Crippen molar-refractivity contribution in [2.75, 3.05) is 12.9 Å². The van der Waals surface area contributed by atoms with E-state index in [1.807, 2.05) is 110 Å². The number of tetrazole rings is 1. The lowest BCUT2D eigenvalue weighted by molar-refractivity contribution is -0.245. The molecule has 5 aromatic rings. The van der Waals surface area contributed by atoms with Gasteiger partial charge < -0.3 is 30.0 Å². The van der Waals surface area contributed by atoms with Gasteiger partial charge in [0.1, 0.15) is 6.04 Å². The summed E-state index contributed by atoms with van der Waals surface area (Å²) < 4.78 is 19.5. The summed E-state index contributed by atoms with van der Waals surface area (Å²) in [6, 6.07) is 32.0. The molecule has 51 heavy (non-hydrogen) atoms. The van der Waals surface area contributed by atoms with Gasteiger partial charge in [-0.3, -0.25) is 0 Å². The van der Waals surface area contributed by atoms with E-state index in [9.17, 15) is 14.7 Å². The maximum absolute atomic E-state index is 12.8. The van der Waals surface area contributed by atoms with Crippen molar-refractivity contribution in [1.82, 2.24) is 30.8 Å². The summed E-state index contributed by atoms with van der Waals surface area (Å²) in [4.78, 5) is 25.1. The Hall–Kier alpha value is -5.08. The number of hydrogen-bond acceptors (Lipinski definition) is 10. The van der Waals surface area contributed by atoms with Crippen molar-refractivity contribution >= 4 is 23.8 Å². The topological polar surface area (TPSA) is 150 Å². The highest BCUT2D eigenvalue weighted by atomic mass is 32.2. The molecule has 3 N–H and O–H groups in total. The average Bonchev–Trinajstić information content (AvgIpc) is 3.60. The SMILES string of the molecule is COC(=O)C(Cc1ccccc1)NC(=O)NCc1cccc(-c2ccc(C3OC(CSc4nnnn4C)CC(c4ccc(CO)cc4)O3)cc2)c1. The molecule has 4 unspecified atom stereocenters. The van der Waals surface area contributed by atoms with E-state index >= 15 is 0 Å². The lowest BCUT2D eigenvalue weighted by Gasteiger charge is -2.36. The third-order valence-electron chi connectivity index (χ3n) is 8.56.